The summed E-state index contributed by atoms with van der Waals surface area (Å²) < 4.78 is 0. The van der Waals surface area contributed by atoms with Crippen molar-refractivity contribution in [3.63, 3.8) is 0 Å². The third-order valence-electron chi connectivity index (χ3n) is 13.2. The maximum Gasteiger partial charge on any atom is 0.229 e. The summed E-state index contributed by atoms with van der Waals surface area (Å²) in [6.45, 7) is 15.4. The van der Waals surface area contributed by atoms with Gasteiger partial charge in [-0.2, -0.15) is 9.97 Å². The van der Waals surface area contributed by atoms with Crippen LogP contribution in [0.3, 0.4) is 0 Å². The average molecular weight is 625 g/mol. The van der Waals surface area contributed by atoms with Crippen molar-refractivity contribution in [1.82, 2.24) is 14.9 Å². The van der Waals surface area contributed by atoms with Crippen molar-refractivity contribution in [2.45, 2.75) is 72.1 Å². The highest BCUT2D eigenvalue weighted by Crippen LogP contribution is 2.64. The number of hydrogen-bond donors (Lipinski definition) is 0. The lowest BCUT2D eigenvalue weighted by Gasteiger charge is -2.51. The molecule has 1 aromatic rings. The van der Waals surface area contributed by atoms with E-state index in [2.05, 4.69) is 64.7 Å². The molecule has 246 valence electrons. The third-order valence-corrected chi connectivity index (χ3v) is 13.2. The van der Waals surface area contributed by atoms with Gasteiger partial charge in [-0.1, -0.05) is 43.2 Å². The number of piperazine rings is 1. The summed E-state index contributed by atoms with van der Waals surface area (Å²) in [5, 5.41) is 0. The lowest BCUT2D eigenvalue weighted by molar-refractivity contribution is -0.129. The molecular weight excluding hydrogens is 572 g/mol. The Balaban J connectivity index is 0.946. The summed E-state index contributed by atoms with van der Waals surface area (Å²) in [7, 11) is 0. The van der Waals surface area contributed by atoms with Crippen LogP contribution in [0.15, 0.2) is 41.5 Å². The van der Waals surface area contributed by atoms with Gasteiger partial charge in [0.2, 0.25) is 5.95 Å². The number of ketones is 2. The second kappa shape index (κ2) is 11.6. The smallest absolute Gasteiger partial charge is 0.229 e. The van der Waals surface area contributed by atoms with Gasteiger partial charge in [0.15, 0.2) is 11.6 Å². The van der Waals surface area contributed by atoms with Crippen LogP contribution in [0.4, 0.5) is 17.6 Å². The van der Waals surface area contributed by atoms with Gasteiger partial charge in [-0.15, -0.1) is 0 Å². The Bertz CT molecular complexity index is 1450. The summed E-state index contributed by atoms with van der Waals surface area (Å²) in [6.07, 6.45) is 17.4. The number of Topliss-reactive ketones (excluding diaryl/α,β-unsaturated/α-hetero) is 1. The largest absolute Gasteiger partial charge is 0.356 e. The van der Waals surface area contributed by atoms with Gasteiger partial charge in [-0.25, -0.2) is 0 Å². The molecule has 46 heavy (non-hydrogen) atoms. The molecule has 3 saturated heterocycles. The molecule has 0 unspecified atom stereocenters. The van der Waals surface area contributed by atoms with E-state index in [1.807, 2.05) is 0 Å². The van der Waals surface area contributed by atoms with Crippen molar-refractivity contribution in [3.05, 3.63) is 41.5 Å². The van der Waals surface area contributed by atoms with Crippen molar-refractivity contribution in [2.24, 2.45) is 34.5 Å². The van der Waals surface area contributed by atoms with Crippen LogP contribution in [-0.2, 0) is 9.59 Å². The molecule has 0 bridgehead atoms. The van der Waals surface area contributed by atoms with E-state index in [0.29, 0.717) is 36.5 Å². The van der Waals surface area contributed by atoms with Crippen molar-refractivity contribution < 1.29 is 9.59 Å². The summed E-state index contributed by atoms with van der Waals surface area (Å²) in [4.78, 5) is 46.1. The number of fused-ring (bicyclic) bond motifs is 5. The zero-order valence-corrected chi connectivity index (χ0v) is 28.2. The van der Waals surface area contributed by atoms with Gasteiger partial charge in [0, 0.05) is 76.2 Å². The van der Waals surface area contributed by atoms with Crippen LogP contribution in [0, 0.1) is 34.5 Å². The van der Waals surface area contributed by atoms with E-state index in [1.165, 1.54) is 36.8 Å². The van der Waals surface area contributed by atoms with Crippen LogP contribution in [0.2, 0.25) is 0 Å². The number of aromatic nitrogens is 2. The average Bonchev–Trinajstić information content (AvgIpc) is 3.83. The highest BCUT2D eigenvalue weighted by Gasteiger charge is 2.59. The lowest BCUT2D eigenvalue weighted by atomic mass is 9.53. The Morgan fingerprint density at radius 3 is 2.24 bits per heavy atom. The van der Waals surface area contributed by atoms with E-state index in [4.69, 9.17) is 9.97 Å². The molecule has 8 nitrogen and oxygen atoms in total. The minimum Gasteiger partial charge on any atom is -0.356 e. The third kappa shape index (κ3) is 5.05. The first kappa shape index (κ1) is 30.3. The van der Waals surface area contributed by atoms with Crippen LogP contribution >= 0.6 is 0 Å². The van der Waals surface area contributed by atoms with E-state index in [-0.39, 0.29) is 22.5 Å². The topological polar surface area (TPSA) is 72.9 Å². The van der Waals surface area contributed by atoms with Crippen LogP contribution in [0.1, 0.15) is 72.1 Å². The molecule has 1 saturated carbocycles. The second-order valence-corrected chi connectivity index (χ2v) is 15.9. The van der Waals surface area contributed by atoms with Crippen molar-refractivity contribution in [3.8, 4) is 0 Å². The monoisotopic (exact) mass is 624 g/mol. The molecule has 0 amide bonds. The zero-order valence-electron chi connectivity index (χ0n) is 28.2. The SMILES string of the molecule is C[C@@H]1C[C@H]2[C@@H]3CC=C4CC(=O)C=C[C@]4(C)C3=CC[C@]2(C)[C@H]1C(=O)CN1CCN(c2cc(N3CCCC3)nc(N3CCCC3)n2)CC1. The van der Waals surface area contributed by atoms with Crippen LogP contribution in [0.5, 0.6) is 0 Å². The predicted octanol–water partition coefficient (Wildman–Crippen LogP) is 5.46. The van der Waals surface area contributed by atoms with Gasteiger partial charge in [-0.05, 0) is 81.1 Å². The first-order valence-electron chi connectivity index (χ1n) is 18.2. The van der Waals surface area contributed by atoms with Gasteiger partial charge in [-0.3, -0.25) is 14.5 Å². The quantitative estimate of drug-likeness (QED) is 0.387. The maximum atomic E-state index is 14.2. The maximum absolute atomic E-state index is 14.2. The van der Waals surface area contributed by atoms with Gasteiger partial charge in [0.1, 0.15) is 11.6 Å². The van der Waals surface area contributed by atoms with E-state index in [1.54, 1.807) is 6.08 Å². The summed E-state index contributed by atoms with van der Waals surface area (Å²) >= 11 is 0. The van der Waals surface area contributed by atoms with Crippen molar-refractivity contribution in [2.75, 3.05) is 73.6 Å². The number of nitrogens with zero attached hydrogens (tertiary/aromatic N) is 6. The van der Waals surface area contributed by atoms with Gasteiger partial charge >= 0.3 is 0 Å². The van der Waals surface area contributed by atoms with E-state index in [9.17, 15) is 9.59 Å². The molecule has 0 N–H and O–H groups in total. The Kier molecular flexibility index (Phi) is 7.65. The van der Waals surface area contributed by atoms with E-state index < -0.39 is 0 Å². The predicted molar refractivity (Wildman–Crippen MR) is 183 cm³/mol. The fraction of sp³-hybridized carbons (Fsp3) is 0.684. The Hall–Kier alpha value is -3.00. The summed E-state index contributed by atoms with van der Waals surface area (Å²) in [5.74, 6) is 5.17. The number of allylic oxidation sites excluding steroid dienone is 6. The molecule has 6 atom stereocenters. The highest BCUT2D eigenvalue weighted by atomic mass is 16.1. The molecule has 8 rings (SSSR count). The second-order valence-electron chi connectivity index (χ2n) is 15.9. The molecule has 7 aliphatic rings. The minimum atomic E-state index is -0.128. The Morgan fingerprint density at radius 1 is 0.891 bits per heavy atom. The molecule has 4 fully saturated rings. The molecule has 4 heterocycles. The van der Waals surface area contributed by atoms with Gasteiger partial charge in [0.25, 0.3) is 0 Å². The number of carbonyl (C=O) groups excluding carboxylic acids is 2. The van der Waals surface area contributed by atoms with Crippen LogP contribution < -0.4 is 14.7 Å². The molecule has 0 aromatic carbocycles. The van der Waals surface area contributed by atoms with Crippen LogP contribution in [-0.4, -0.2) is 85.3 Å². The zero-order chi connectivity index (χ0) is 31.6. The normalized spacial score (nSPS) is 36.0. The van der Waals surface area contributed by atoms with Crippen molar-refractivity contribution in [1.29, 1.82) is 0 Å². The number of carbonyl (C=O) groups is 2. The van der Waals surface area contributed by atoms with Crippen LogP contribution in [0.25, 0.3) is 0 Å². The molecule has 0 spiro atoms. The Morgan fingerprint density at radius 2 is 1.54 bits per heavy atom. The highest BCUT2D eigenvalue weighted by molar-refractivity contribution is 5.94. The number of anilines is 3. The first-order valence-corrected chi connectivity index (χ1v) is 18.2. The fourth-order valence-electron chi connectivity index (χ4n) is 10.7. The number of hydrogen-bond acceptors (Lipinski definition) is 8. The lowest BCUT2D eigenvalue weighted by Crippen LogP contribution is -2.50. The summed E-state index contributed by atoms with van der Waals surface area (Å²) in [5.41, 5.74) is 2.67. The minimum absolute atomic E-state index is 0.00129. The molecule has 4 aliphatic carbocycles. The molecule has 8 heteroatoms. The van der Waals surface area contributed by atoms with E-state index >= 15 is 0 Å². The van der Waals surface area contributed by atoms with Gasteiger partial charge in [0.05, 0.1) is 6.54 Å². The first-order chi connectivity index (χ1) is 22.2. The van der Waals surface area contributed by atoms with Gasteiger partial charge < -0.3 is 14.7 Å². The van der Waals surface area contributed by atoms with E-state index in [0.717, 1.165) is 89.2 Å². The summed E-state index contributed by atoms with van der Waals surface area (Å²) in [6, 6.07) is 2.21. The fourth-order valence-corrected chi connectivity index (χ4v) is 10.7. The van der Waals surface area contributed by atoms with Crippen molar-refractivity contribution >= 4 is 29.2 Å². The standard InChI is InChI=1S/C38H52N6O2/c1-26-22-31-29-9-8-27-23-28(45)10-12-37(27,2)30(29)11-13-38(31,3)35(26)32(46)25-41-18-20-43(21-19-41)34-24-33(42-14-4-5-15-42)39-36(40-34)44-16-6-7-17-44/h8,10-12,24,26,29,31,35H,4-7,9,13-23,25H2,1-3H3/t26-,29-,31+,35-,37+,38+/m1/s1. The molecular formula is C38H52N6O2. The Labute approximate surface area is 275 Å². The molecule has 1 aromatic heterocycles. The number of rotatable bonds is 6. The molecule has 3 aliphatic heterocycles. The molecule has 0 radical (unpaired) electrons.